The molecule has 0 aromatic rings. The lowest BCUT2D eigenvalue weighted by atomic mass is 9.93. The van der Waals surface area contributed by atoms with Gasteiger partial charge < -0.3 is 15.0 Å². The van der Waals surface area contributed by atoms with Crippen LogP contribution in [-0.4, -0.2) is 51.3 Å². The van der Waals surface area contributed by atoms with Crippen molar-refractivity contribution in [3.63, 3.8) is 0 Å². The first kappa shape index (κ1) is 12.0. The van der Waals surface area contributed by atoms with Gasteiger partial charge in [-0.25, -0.2) is 0 Å². The molecule has 0 aliphatic carbocycles. The maximum Gasteiger partial charge on any atom is 0.0628 e. The van der Waals surface area contributed by atoms with Gasteiger partial charge in [-0.2, -0.15) is 0 Å². The van der Waals surface area contributed by atoms with Gasteiger partial charge in [0.1, 0.15) is 0 Å². The van der Waals surface area contributed by atoms with Gasteiger partial charge in [-0.05, 0) is 25.4 Å². The number of hydrogen-bond donors (Lipinski definition) is 1. The highest BCUT2D eigenvalue weighted by molar-refractivity contribution is 4.84. The third-order valence-corrected chi connectivity index (χ3v) is 3.01. The van der Waals surface area contributed by atoms with Crippen LogP contribution in [0.3, 0.4) is 0 Å². The summed E-state index contributed by atoms with van der Waals surface area (Å²) in [6, 6.07) is 0.467. The number of hydrogen-bond acceptors (Lipinski definition) is 3. The molecule has 1 saturated heterocycles. The number of methoxy groups -OCH3 is 1. The summed E-state index contributed by atoms with van der Waals surface area (Å²) in [5.74, 6) is 0. The van der Waals surface area contributed by atoms with Crippen LogP contribution in [0.5, 0.6) is 0 Å². The molecular weight excluding hydrogens is 176 g/mol. The average Bonchev–Trinajstić information content (AvgIpc) is 2.45. The zero-order chi connectivity index (χ0) is 10.6. The number of nitrogens with one attached hydrogen (secondary N) is 1. The second-order valence-corrected chi connectivity index (χ2v) is 5.09. The molecule has 0 aromatic carbocycles. The van der Waals surface area contributed by atoms with Gasteiger partial charge >= 0.3 is 0 Å². The lowest BCUT2D eigenvalue weighted by molar-refractivity contribution is 0.146. The van der Waals surface area contributed by atoms with Gasteiger partial charge in [0.15, 0.2) is 0 Å². The van der Waals surface area contributed by atoms with E-state index >= 15 is 0 Å². The van der Waals surface area contributed by atoms with E-state index in [1.165, 1.54) is 19.5 Å². The Kier molecular flexibility index (Phi) is 4.35. The van der Waals surface area contributed by atoms with Crippen LogP contribution in [0, 0.1) is 5.41 Å². The van der Waals surface area contributed by atoms with E-state index in [1.807, 2.05) is 7.05 Å². The molecule has 1 aliphatic rings. The molecule has 0 aromatic heterocycles. The van der Waals surface area contributed by atoms with Gasteiger partial charge in [0.05, 0.1) is 6.61 Å². The highest BCUT2D eigenvalue weighted by atomic mass is 16.5. The van der Waals surface area contributed by atoms with Gasteiger partial charge in [0.2, 0.25) is 0 Å². The standard InChI is InChI=1S/C11H24N2O/c1-11(2)5-6-13(9-11)7-10(12-3)8-14-4/h10,12H,5-9H2,1-4H3. The van der Waals surface area contributed by atoms with Crippen molar-refractivity contribution in [2.45, 2.75) is 26.3 Å². The fraction of sp³-hybridized carbons (Fsp3) is 1.00. The van der Waals surface area contributed by atoms with Crippen molar-refractivity contribution in [2.24, 2.45) is 5.41 Å². The second-order valence-electron chi connectivity index (χ2n) is 5.09. The third-order valence-electron chi connectivity index (χ3n) is 3.01. The highest BCUT2D eigenvalue weighted by Gasteiger charge is 2.29. The maximum atomic E-state index is 5.17. The van der Waals surface area contributed by atoms with Gasteiger partial charge in [0.25, 0.3) is 0 Å². The normalized spacial score (nSPS) is 24.0. The molecule has 1 fully saturated rings. The molecule has 1 rings (SSSR count). The Balaban J connectivity index is 2.30. The molecule has 3 nitrogen and oxygen atoms in total. The summed E-state index contributed by atoms with van der Waals surface area (Å²) in [5.41, 5.74) is 0.505. The van der Waals surface area contributed by atoms with Crippen LogP contribution >= 0.6 is 0 Å². The van der Waals surface area contributed by atoms with Crippen LogP contribution in [0.25, 0.3) is 0 Å². The van der Waals surface area contributed by atoms with Gasteiger partial charge in [-0.3, -0.25) is 0 Å². The molecule has 1 N–H and O–H groups in total. The Bertz CT molecular complexity index is 171. The minimum absolute atomic E-state index is 0.467. The van der Waals surface area contributed by atoms with E-state index < -0.39 is 0 Å². The molecule has 0 saturated carbocycles. The molecule has 14 heavy (non-hydrogen) atoms. The SMILES string of the molecule is CNC(COC)CN1CCC(C)(C)C1. The lowest BCUT2D eigenvalue weighted by Gasteiger charge is -2.24. The number of likely N-dealkylation sites (tertiary alicyclic amines) is 1. The molecule has 1 atom stereocenters. The molecule has 0 amide bonds. The highest BCUT2D eigenvalue weighted by Crippen LogP contribution is 2.28. The van der Waals surface area contributed by atoms with Crippen molar-refractivity contribution >= 4 is 0 Å². The summed E-state index contributed by atoms with van der Waals surface area (Å²) in [6.07, 6.45) is 1.32. The molecule has 3 heteroatoms. The van der Waals surface area contributed by atoms with Crippen LogP contribution in [-0.2, 0) is 4.74 Å². The van der Waals surface area contributed by atoms with E-state index in [0.717, 1.165) is 13.2 Å². The van der Waals surface area contributed by atoms with Crippen LogP contribution in [0.15, 0.2) is 0 Å². The minimum Gasteiger partial charge on any atom is -0.383 e. The number of ether oxygens (including phenoxy) is 1. The predicted molar refractivity (Wildman–Crippen MR) is 59.6 cm³/mol. The average molecular weight is 200 g/mol. The summed E-state index contributed by atoms with van der Waals surface area (Å²) in [4.78, 5) is 2.53. The fourth-order valence-electron chi connectivity index (χ4n) is 2.12. The molecule has 84 valence electrons. The summed E-state index contributed by atoms with van der Waals surface area (Å²) in [7, 11) is 3.77. The van der Waals surface area contributed by atoms with Crippen LogP contribution in [0.2, 0.25) is 0 Å². The summed E-state index contributed by atoms with van der Waals surface area (Å²) in [5, 5.41) is 3.29. The van der Waals surface area contributed by atoms with Crippen LogP contribution < -0.4 is 5.32 Å². The third kappa shape index (κ3) is 3.56. The van der Waals surface area contributed by atoms with E-state index in [1.54, 1.807) is 7.11 Å². The molecular formula is C11H24N2O. The predicted octanol–water partition coefficient (Wildman–Crippen LogP) is 0.953. The van der Waals surface area contributed by atoms with E-state index in [2.05, 4.69) is 24.1 Å². The van der Waals surface area contributed by atoms with Crippen LogP contribution in [0.1, 0.15) is 20.3 Å². The van der Waals surface area contributed by atoms with E-state index in [0.29, 0.717) is 11.5 Å². The molecule has 0 spiro atoms. The van der Waals surface area contributed by atoms with Crippen molar-refractivity contribution in [1.29, 1.82) is 0 Å². The summed E-state index contributed by atoms with van der Waals surface area (Å²) >= 11 is 0. The Morgan fingerprint density at radius 2 is 2.21 bits per heavy atom. The largest absolute Gasteiger partial charge is 0.383 e. The van der Waals surface area contributed by atoms with Gasteiger partial charge in [0, 0.05) is 26.2 Å². The maximum absolute atomic E-state index is 5.17. The Morgan fingerprint density at radius 3 is 2.64 bits per heavy atom. The fourth-order valence-corrected chi connectivity index (χ4v) is 2.12. The first-order valence-corrected chi connectivity index (χ1v) is 5.46. The Morgan fingerprint density at radius 1 is 1.50 bits per heavy atom. The first-order chi connectivity index (χ1) is 6.57. The first-order valence-electron chi connectivity index (χ1n) is 5.46. The topological polar surface area (TPSA) is 24.5 Å². The molecule has 0 radical (unpaired) electrons. The number of rotatable bonds is 5. The van der Waals surface area contributed by atoms with Crippen molar-refractivity contribution in [3.8, 4) is 0 Å². The zero-order valence-corrected chi connectivity index (χ0v) is 9.97. The minimum atomic E-state index is 0.467. The molecule has 1 unspecified atom stereocenters. The smallest absolute Gasteiger partial charge is 0.0628 e. The monoisotopic (exact) mass is 200 g/mol. The molecule has 1 aliphatic heterocycles. The van der Waals surface area contributed by atoms with Crippen molar-refractivity contribution in [2.75, 3.05) is 40.4 Å². The lowest BCUT2D eigenvalue weighted by Crippen LogP contribution is -2.41. The molecule has 0 bridgehead atoms. The Hall–Kier alpha value is -0.120. The van der Waals surface area contributed by atoms with E-state index in [-0.39, 0.29) is 0 Å². The van der Waals surface area contributed by atoms with Gasteiger partial charge in [-0.15, -0.1) is 0 Å². The van der Waals surface area contributed by atoms with Crippen molar-refractivity contribution in [3.05, 3.63) is 0 Å². The number of likely N-dealkylation sites (N-methyl/N-ethyl adjacent to an activating group) is 1. The second kappa shape index (κ2) is 5.10. The van der Waals surface area contributed by atoms with E-state index in [9.17, 15) is 0 Å². The quantitative estimate of drug-likeness (QED) is 0.715. The number of nitrogens with zero attached hydrogens (tertiary/aromatic N) is 1. The van der Waals surface area contributed by atoms with E-state index in [4.69, 9.17) is 4.74 Å². The summed E-state index contributed by atoms with van der Waals surface area (Å²) in [6.45, 7) is 9.04. The molecule has 1 heterocycles. The zero-order valence-electron chi connectivity index (χ0n) is 9.97. The summed E-state index contributed by atoms with van der Waals surface area (Å²) < 4.78 is 5.17. The van der Waals surface area contributed by atoms with Gasteiger partial charge in [-0.1, -0.05) is 13.8 Å². The van der Waals surface area contributed by atoms with Crippen LogP contribution in [0.4, 0.5) is 0 Å². The van der Waals surface area contributed by atoms with Crippen molar-refractivity contribution in [1.82, 2.24) is 10.2 Å². The Labute approximate surface area is 87.8 Å². The van der Waals surface area contributed by atoms with Crippen molar-refractivity contribution < 1.29 is 4.74 Å².